The van der Waals surface area contributed by atoms with Gasteiger partial charge in [-0.15, -0.1) is 0 Å². The maximum Gasteiger partial charge on any atom is 0.343 e. The maximum atomic E-state index is 13.7. The lowest BCUT2D eigenvalue weighted by Gasteiger charge is -2.31. The van der Waals surface area contributed by atoms with Crippen LogP contribution in [-0.4, -0.2) is 33.5 Å². The molecular formula is C29H23ClN4O4. The molecule has 1 N–H and O–H groups in total. The zero-order valence-corrected chi connectivity index (χ0v) is 21.3. The molecule has 0 fully saturated rings. The lowest BCUT2D eigenvalue weighted by atomic mass is 9.86. The van der Waals surface area contributed by atoms with Crippen molar-refractivity contribution in [2.24, 2.45) is 4.99 Å². The van der Waals surface area contributed by atoms with E-state index in [-0.39, 0.29) is 18.6 Å². The van der Waals surface area contributed by atoms with Crippen molar-refractivity contribution in [1.82, 2.24) is 9.55 Å². The number of esters is 1. The van der Waals surface area contributed by atoms with Gasteiger partial charge >= 0.3 is 5.97 Å². The van der Waals surface area contributed by atoms with Gasteiger partial charge in [0.1, 0.15) is 6.61 Å². The molecule has 0 bridgehead atoms. The zero-order chi connectivity index (χ0) is 26.2. The highest BCUT2D eigenvalue weighted by atomic mass is 35.5. The van der Waals surface area contributed by atoms with Crippen molar-refractivity contribution in [3.05, 3.63) is 86.2 Å². The smallest absolute Gasteiger partial charge is 0.343 e. The van der Waals surface area contributed by atoms with Crippen molar-refractivity contribution in [1.29, 1.82) is 0 Å². The second kappa shape index (κ2) is 8.24. The van der Waals surface area contributed by atoms with Crippen LogP contribution in [0.2, 0.25) is 5.02 Å². The van der Waals surface area contributed by atoms with Crippen LogP contribution in [-0.2, 0) is 34.7 Å². The lowest BCUT2D eigenvalue weighted by molar-refractivity contribution is -0.172. The van der Waals surface area contributed by atoms with Crippen LogP contribution in [0.25, 0.3) is 22.3 Å². The van der Waals surface area contributed by atoms with E-state index >= 15 is 0 Å². The number of benzene rings is 2. The number of aromatic nitrogens is 2. The van der Waals surface area contributed by atoms with Crippen LogP contribution in [0.4, 0.5) is 11.4 Å². The van der Waals surface area contributed by atoms with Gasteiger partial charge in [-0.3, -0.25) is 4.79 Å². The minimum atomic E-state index is -1.86. The van der Waals surface area contributed by atoms with Crippen molar-refractivity contribution in [3.63, 3.8) is 0 Å². The van der Waals surface area contributed by atoms with E-state index in [0.717, 1.165) is 39.8 Å². The molecule has 0 saturated carbocycles. The third-order valence-electron chi connectivity index (χ3n) is 7.84. The molecule has 5 heterocycles. The van der Waals surface area contributed by atoms with Crippen molar-refractivity contribution in [2.45, 2.75) is 38.5 Å². The minimum Gasteiger partial charge on any atom is -0.458 e. The molecule has 4 aromatic rings. The first-order valence-electron chi connectivity index (χ1n) is 12.6. The van der Waals surface area contributed by atoms with E-state index < -0.39 is 11.6 Å². The van der Waals surface area contributed by atoms with Crippen LogP contribution in [0, 0.1) is 0 Å². The fraction of sp³-hybridized carbons (Fsp3) is 0.241. The molecule has 1 atom stereocenters. The molecule has 0 amide bonds. The van der Waals surface area contributed by atoms with Crippen LogP contribution < -0.4 is 10.5 Å². The summed E-state index contributed by atoms with van der Waals surface area (Å²) in [5, 5.41) is 12.8. The molecule has 8 nitrogen and oxygen atoms in total. The summed E-state index contributed by atoms with van der Waals surface area (Å²) in [7, 11) is 0. The molecule has 190 valence electrons. The summed E-state index contributed by atoms with van der Waals surface area (Å²) in [6.07, 6.45) is 2.71. The molecular weight excluding hydrogens is 504 g/mol. The highest BCUT2D eigenvalue weighted by Crippen LogP contribution is 2.46. The quantitative estimate of drug-likeness (QED) is 0.347. The van der Waals surface area contributed by atoms with Crippen LogP contribution in [0.3, 0.4) is 0 Å². The molecule has 38 heavy (non-hydrogen) atoms. The first-order valence-corrected chi connectivity index (χ1v) is 12.9. The summed E-state index contributed by atoms with van der Waals surface area (Å²) in [5.41, 5.74) is 4.40. The predicted molar refractivity (Wildman–Crippen MR) is 145 cm³/mol. The van der Waals surface area contributed by atoms with E-state index in [9.17, 15) is 14.7 Å². The van der Waals surface area contributed by atoms with Crippen molar-refractivity contribution in [2.75, 3.05) is 11.4 Å². The summed E-state index contributed by atoms with van der Waals surface area (Å²) >= 11 is 6.06. The first kappa shape index (κ1) is 23.1. The highest BCUT2D eigenvalue weighted by molar-refractivity contribution is 6.30. The van der Waals surface area contributed by atoms with Crippen LogP contribution >= 0.6 is 11.6 Å². The Kier molecular flexibility index (Phi) is 5.02. The van der Waals surface area contributed by atoms with Gasteiger partial charge in [-0.25, -0.2) is 14.8 Å². The Balaban J connectivity index is 1.40. The van der Waals surface area contributed by atoms with Gasteiger partial charge in [0.25, 0.3) is 5.56 Å². The van der Waals surface area contributed by atoms with E-state index in [1.165, 1.54) is 0 Å². The fourth-order valence-electron chi connectivity index (χ4n) is 5.77. The minimum absolute atomic E-state index is 0.100. The third-order valence-corrected chi connectivity index (χ3v) is 8.09. The molecule has 3 aliphatic rings. The summed E-state index contributed by atoms with van der Waals surface area (Å²) in [5.74, 6) is -0.731. The van der Waals surface area contributed by atoms with Gasteiger partial charge in [-0.05, 0) is 48.7 Å². The number of hydrogen-bond acceptors (Lipinski definition) is 7. The average Bonchev–Trinajstić information content (AvgIpc) is 3.30. The molecule has 3 aliphatic heterocycles. The van der Waals surface area contributed by atoms with E-state index in [0.29, 0.717) is 40.6 Å². The summed E-state index contributed by atoms with van der Waals surface area (Å²) < 4.78 is 6.88. The number of cyclic esters (lactones) is 1. The number of hydrogen-bond donors (Lipinski definition) is 1. The second-order valence-corrected chi connectivity index (χ2v) is 10.3. The van der Waals surface area contributed by atoms with E-state index in [1.807, 2.05) is 48.8 Å². The van der Waals surface area contributed by atoms with Gasteiger partial charge in [0, 0.05) is 22.7 Å². The Hall–Kier alpha value is -4.01. The van der Waals surface area contributed by atoms with Gasteiger partial charge in [0.15, 0.2) is 5.60 Å². The summed E-state index contributed by atoms with van der Waals surface area (Å²) in [6.45, 7) is 2.54. The number of carbonyl (C=O) groups excluding carboxylic acids is 1. The standard InChI is InChI=1S/C29H23ClN4O4/c1-2-29(37)20-12-23-25-18(13-34(23)27(35)19(20)14-38-28(29)36)26-24-21(4-3-5-22(24)32-25)31-15-33(26)11-10-16-6-8-17(30)9-7-16/h3-9,12,15,37H,2,10-11,13-14H2,1H3. The Bertz CT molecular complexity index is 1760. The van der Waals surface area contributed by atoms with Crippen molar-refractivity contribution < 1.29 is 14.6 Å². The molecule has 0 aliphatic carbocycles. The molecule has 0 spiro atoms. The Morgan fingerprint density at radius 1 is 1.13 bits per heavy atom. The number of pyridine rings is 2. The number of rotatable bonds is 4. The SMILES string of the molecule is CCC1(O)C(=O)OCc2c1cc1n(c2=O)Cc2c-1nc1cccc3c1c2N(CCc1ccc(Cl)cc1)C=N3. The number of halogens is 1. The first-order chi connectivity index (χ1) is 18.4. The third kappa shape index (κ3) is 3.20. The summed E-state index contributed by atoms with van der Waals surface area (Å²) in [6, 6.07) is 15.4. The second-order valence-electron chi connectivity index (χ2n) is 9.88. The summed E-state index contributed by atoms with van der Waals surface area (Å²) in [4.78, 5) is 38.0. The lowest BCUT2D eigenvalue weighted by Crippen LogP contribution is -2.44. The van der Waals surface area contributed by atoms with Crippen LogP contribution in [0.5, 0.6) is 0 Å². The molecule has 2 aromatic heterocycles. The fourth-order valence-corrected chi connectivity index (χ4v) is 5.90. The predicted octanol–water partition coefficient (Wildman–Crippen LogP) is 4.46. The number of aliphatic imine (C=N–C) groups is 1. The zero-order valence-electron chi connectivity index (χ0n) is 20.6. The average molecular weight is 527 g/mol. The van der Waals surface area contributed by atoms with E-state index in [1.54, 1.807) is 17.6 Å². The largest absolute Gasteiger partial charge is 0.458 e. The number of nitrogens with zero attached hydrogens (tertiary/aromatic N) is 4. The number of aliphatic hydroxyl groups is 1. The van der Waals surface area contributed by atoms with Gasteiger partial charge in [0.05, 0.1) is 52.1 Å². The van der Waals surface area contributed by atoms with Crippen molar-refractivity contribution >= 4 is 46.2 Å². The van der Waals surface area contributed by atoms with Crippen LogP contribution in [0.1, 0.15) is 35.6 Å². The Morgan fingerprint density at radius 2 is 1.95 bits per heavy atom. The van der Waals surface area contributed by atoms with Gasteiger partial charge in [-0.1, -0.05) is 36.7 Å². The number of anilines is 1. The molecule has 2 aromatic carbocycles. The van der Waals surface area contributed by atoms with Crippen molar-refractivity contribution in [3.8, 4) is 11.4 Å². The highest BCUT2D eigenvalue weighted by Gasteiger charge is 2.45. The topological polar surface area (TPSA) is 97.0 Å². The van der Waals surface area contributed by atoms with E-state index in [4.69, 9.17) is 26.3 Å². The molecule has 0 radical (unpaired) electrons. The molecule has 0 saturated heterocycles. The van der Waals surface area contributed by atoms with E-state index in [2.05, 4.69) is 4.90 Å². The van der Waals surface area contributed by atoms with Gasteiger partial charge in [-0.2, -0.15) is 0 Å². The number of fused-ring (bicyclic) bond motifs is 5. The molecule has 7 rings (SSSR count). The molecule has 9 heteroatoms. The van der Waals surface area contributed by atoms with Gasteiger partial charge in [0.2, 0.25) is 0 Å². The molecule has 1 unspecified atom stereocenters. The number of ether oxygens (including phenoxy) is 1. The number of carbonyl (C=O) groups is 1. The normalized spacial score (nSPS) is 18.8. The Morgan fingerprint density at radius 3 is 2.74 bits per heavy atom. The Labute approximate surface area is 222 Å². The maximum absolute atomic E-state index is 13.7. The van der Waals surface area contributed by atoms with Crippen LogP contribution in [0.15, 0.2) is 58.3 Å². The van der Waals surface area contributed by atoms with Gasteiger partial charge < -0.3 is 19.3 Å². The monoisotopic (exact) mass is 526 g/mol.